The van der Waals surface area contributed by atoms with Gasteiger partial charge < -0.3 is 18.9 Å². The van der Waals surface area contributed by atoms with Gasteiger partial charge in [-0.15, -0.1) is 5.92 Å². The highest BCUT2D eigenvalue weighted by molar-refractivity contribution is 5.71. The van der Waals surface area contributed by atoms with Gasteiger partial charge in [0.05, 0.1) is 38.9 Å². The van der Waals surface area contributed by atoms with Crippen LogP contribution in [0.4, 0.5) is 4.39 Å². The van der Waals surface area contributed by atoms with Crippen LogP contribution in [0.25, 0.3) is 11.1 Å². The molecule has 3 aromatic rings. The van der Waals surface area contributed by atoms with Crippen molar-refractivity contribution in [2.24, 2.45) is 0 Å². The predicted molar refractivity (Wildman–Crippen MR) is 145 cm³/mol. The molecule has 39 heavy (non-hydrogen) atoms. The summed E-state index contributed by atoms with van der Waals surface area (Å²) in [7, 11) is 1.37. The fraction of sp³-hybridized carbons (Fsp3) is 0.375. The van der Waals surface area contributed by atoms with Crippen LogP contribution in [0.15, 0.2) is 54.9 Å². The minimum atomic E-state index is -0.401. The number of benzene rings is 2. The Kier molecular flexibility index (Phi) is 8.43. The Morgan fingerprint density at radius 2 is 1.87 bits per heavy atom. The summed E-state index contributed by atoms with van der Waals surface area (Å²) >= 11 is 0. The number of hydrogen-bond donors (Lipinski definition) is 0. The largest absolute Gasteiger partial charge is 0.489 e. The first kappa shape index (κ1) is 26.7. The number of halogens is 1. The summed E-state index contributed by atoms with van der Waals surface area (Å²) in [5.74, 6) is 6.45. The first-order valence-corrected chi connectivity index (χ1v) is 13.3. The van der Waals surface area contributed by atoms with Gasteiger partial charge in [0.15, 0.2) is 0 Å². The zero-order valence-electron chi connectivity index (χ0n) is 22.2. The van der Waals surface area contributed by atoms with Gasteiger partial charge in [-0.05, 0) is 60.7 Å². The van der Waals surface area contributed by atoms with E-state index >= 15 is 4.39 Å². The first-order chi connectivity index (χ1) is 19.1. The summed E-state index contributed by atoms with van der Waals surface area (Å²) < 4.78 is 37.8. The second-order valence-electron chi connectivity index (χ2n) is 9.77. The van der Waals surface area contributed by atoms with E-state index in [0.29, 0.717) is 43.1 Å². The van der Waals surface area contributed by atoms with Crippen molar-refractivity contribution in [2.75, 3.05) is 20.3 Å². The van der Waals surface area contributed by atoms with E-state index in [0.717, 1.165) is 35.1 Å². The van der Waals surface area contributed by atoms with Gasteiger partial charge in [0.2, 0.25) is 0 Å². The molecule has 5 rings (SSSR count). The molecule has 6 nitrogen and oxygen atoms in total. The van der Waals surface area contributed by atoms with Crippen LogP contribution in [0.1, 0.15) is 61.3 Å². The molecule has 2 heterocycles. The number of carbonyl (C=O) groups is 1. The van der Waals surface area contributed by atoms with E-state index in [1.807, 2.05) is 36.4 Å². The van der Waals surface area contributed by atoms with Crippen molar-refractivity contribution in [3.63, 3.8) is 0 Å². The number of carbonyl (C=O) groups excluding carboxylic acids is 1. The fourth-order valence-corrected chi connectivity index (χ4v) is 5.30. The van der Waals surface area contributed by atoms with Gasteiger partial charge in [0, 0.05) is 30.2 Å². The number of esters is 1. The molecule has 0 spiro atoms. The van der Waals surface area contributed by atoms with Gasteiger partial charge in [-0.1, -0.05) is 24.1 Å². The van der Waals surface area contributed by atoms with E-state index in [2.05, 4.69) is 16.8 Å². The minimum absolute atomic E-state index is 0.115. The fourth-order valence-electron chi connectivity index (χ4n) is 5.30. The van der Waals surface area contributed by atoms with Crippen molar-refractivity contribution in [2.45, 2.75) is 57.2 Å². The van der Waals surface area contributed by atoms with E-state index in [-0.39, 0.29) is 30.2 Å². The smallest absolute Gasteiger partial charge is 0.307 e. The Hall–Kier alpha value is -3.89. The van der Waals surface area contributed by atoms with Gasteiger partial charge in [0.1, 0.15) is 29.5 Å². The molecule has 202 valence electrons. The summed E-state index contributed by atoms with van der Waals surface area (Å²) in [5, 5.41) is 0. The molecular weight excluding hydrogens is 497 g/mol. The van der Waals surface area contributed by atoms with Gasteiger partial charge in [-0.25, -0.2) is 4.39 Å². The lowest BCUT2D eigenvalue weighted by Crippen LogP contribution is -2.25. The van der Waals surface area contributed by atoms with Gasteiger partial charge >= 0.3 is 5.97 Å². The zero-order chi connectivity index (χ0) is 27.2. The van der Waals surface area contributed by atoms with Crippen molar-refractivity contribution >= 4 is 5.97 Å². The molecule has 1 aromatic heterocycles. The van der Waals surface area contributed by atoms with Gasteiger partial charge in [0.25, 0.3) is 0 Å². The highest BCUT2D eigenvalue weighted by Crippen LogP contribution is 2.42. The average Bonchev–Trinajstić information content (AvgIpc) is 3.38. The van der Waals surface area contributed by atoms with Crippen molar-refractivity contribution in [3.05, 3.63) is 77.4 Å². The molecular formula is C32H32FNO5. The molecule has 0 unspecified atom stereocenters. The van der Waals surface area contributed by atoms with Gasteiger partial charge in [-0.3, -0.25) is 9.78 Å². The molecule has 1 aliphatic heterocycles. The molecule has 2 aromatic carbocycles. The average molecular weight is 530 g/mol. The monoisotopic (exact) mass is 529 g/mol. The molecule has 1 fully saturated rings. The Bertz CT molecular complexity index is 1370. The quantitative estimate of drug-likeness (QED) is 0.256. The van der Waals surface area contributed by atoms with E-state index in [4.69, 9.17) is 18.9 Å². The molecule has 2 aliphatic rings. The van der Waals surface area contributed by atoms with E-state index in [9.17, 15) is 4.79 Å². The maximum atomic E-state index is 15.1. The van der Waals surface area contributed by atoms with Crippen molar-refractivity contribution < 1.29 is 28.1 Å². The summed E-state index contributed by atoms with van der Waals surface area (Å²) in [4.78, 5) is 16.2. The molecule has 1 aliphatic carbocycles. The highest BCUT2D eigenvalue weighted by Gasteiger charge is 2.30. The number of ether oxygens (including phenoxy) is 4. The minimum Gasteiger partial charge on any atom is -0.489 e. The maximum Gasteiger partial charge on any atom is 0.307 e. The van der Waals surface area contributed by atoms with E-state index in [1.54, 1.807) is 19.3 Å². The molecule has 0 radical (unpaired) electrons. The number of aromatic nitrogens is 1. The maximum absolute atomic E-state index is 15.1. The summed E-state index contributed by atoms with van der Waals surface area (Å²) in [6.45, 7) is 3.15. The lowest BCUT2D eigenvalue weighted by Gasteiger charge is -2.23. The third-order valence-corrected chi connectivity index (χ3v) is 7.26. The number of hydrogen-bond acceptors (Lipinski definition) is 6. The summed E-state index contributed by atoms with van der Waals surface area (Å²) in [6.07, 6.45) is 6.48. The summed E-state index contributed by atoms with van der Waals surface area (Å²) in [5.41, 5.74) is 4.28. The SMILES string of the molecule is CC#C[C@@H](CC(=O)OC)c1ccc(O[C@@H]2CCc3c(-c4cncc(OC5CCOCC5)c4)ccc(F)c32)cc1. The third kappa shape index (κ3) is 6.23. The third-order valence-electron chi connectivity index (χ3n) is 7.26. The van der Waals surface area contributed by atoms with Crippen molar-refractivity contribution in [1.82, 2.24) is 4.98 Å². The highest BCUT2D eigenvalue weighted by atomic mass is 19.1. The number of nitrogens with zero attached hydrogens (tertiary/aromatic N) is 1. The Morgan fingerprint density at radius 1 is 1.08 bits per heavy atom. The number of rotatable bonds is 8. The molecule has 0 bridgehead atoms. The number of methoxy groups -OCH3 is 1. The van der Waals surface area contributed by atoms with Crippen LogP contribution < -0.4 is 9.47 Å². The van der Waals surface area contributed by atoms with Crippen LogP contribution >= 0.6 is 0 Å². The summed E-state index contributed by atoms with van der Waals surface area (Å²) in [6, 6.07) is 12.8. The Balaban J connectivity index is 1.34. The van der Waals surface area contributed by atoms with Crippen LogP contribution in [0.2, 0.25) is 0 Å². The second-order valence-corrected chi connectivity index (χ2v) is 9.77. The van der Waals surface area contributed by atoms with Crippen LogP contribution in [0, 0.1) is 17.7 Å². The van der Waals surface area contributed by atoms with E-state index in [1.165, 1.54) is 13.2 Å². The lowest BCUT2D eigenvalue weighted by molar-refractivity contribution is -0.140. The molecule has 2 atom stereocenters. The van der Waals surface area contributed by atoms with Crippen LogP contribution in [0.3, 0.4) is 0 Å². The molecule has 1 saturated heterocycles. The molecule has 0 amide bonds. The van der Waals surface area contributed by atoms with Crippen LogP contribution in [-0.2, 0) is 20.7 Å². The predicted octanol–water partition coefficient (Wildman–Crippen LogP) is 6.18. The second kappa shape index (κ2) is 12.3. The van der Waals surface area contributed by atoms with Crippen molar-refractivity contribution in [1.29, 1.82) is 0 Å². The Morgan fingerprint density at radius 3 is 2.62 bits per heavy atom. The molecule has 7 heteroatoms. The number of fused-ring (bicyclic) bond motifs is 1. The molecule has 0 saturated carbocycles. The normalized spacial score (nSPS) is 17.5. The zero-order valence-corrected chi connectivity index (χ0v) is 22.2. The van der Waals surface area contributed by atoms with Crippen molar-refractivity contribution in [3.8, 4) is 34.5 Å². The number of pyridine rings is 1. The van der Waals surface area contributed by atoms with Gasteiger partial charge in [-0.2, -0.15) is 0 Å². The lowest BCUT2D eigenvalue weighted by atomic mass is 9.96. The topological polar surface area (TPSA) is 66.9 Å². The van der Waals surface area contributed by atoms with Crippen LogP contribution in [0.5, 0.6) is 11.5 Å². The first-order valence-electron chi connectivity index (χ1n) is 13.3. The van der Waals surface area contributed by atoms with Crippen LogP contribution in [-0.4, -0.2) is 37.4 Å². The van der Waals surface area contributed by atoms with E-state index < -0.39 is 6.10 Å². The Labute approximate surface area is 228 Å². The standard InChI is InChI=1S/C32H32FNO5/c1-3-4-22(18-31(35)36-2)21-5-7-24(8-6-21)39-30-12-10-28-27(9-11-29(33)32(28)30)23-17-26(20-34-19-23)38-25-13-15-37-16-14-25/h5-9,11,17,19-20,22,25,30H,10,12-16,18H2,1-2H3/t22-,30+/m0/s1. The molecule has 0 N–H and O–H groups in total.